The third kappa shape index (κ3) is 15.7. The fourth-order valence-corrected chi connectivity index (χ4v) is 3.96. The Morgan fingerprint density at radius 1 is 0.968 bits per heavy atom. The lowest BCUT2D eigenvalue weighted by Gasteiger charge is -2.30. The van der Waals surface area contributed by atoms with Gasteiger partial charge in [0.1, 0.15) is 6.10 Å². The zero-order chi connectivity index (χ0) is 24.5. The maximum atomic E-state index is 12.2. The van der Waals surface area contributed by atoms with Crippen molar-refractivity contribution in [3.63, 3.8) is 0 Å². The highest BCUT2D eigenvalue weighted by molar-refractivity contribution is 8.00. The van der Waals surface area contributed by atoms with Crippen LogP contribution in [0.25, 0.3) is 0 Å². The normalized spacial score (nSPS) is 15.8. The minimum absolute atomic E-state index is 0.0151. The van der Waals surface area contributed by atoms with E-state index in [0.29, 0.717) is 6.54 Å². The van der Waals surface area contributed by atoms with Crippen LogP contribution in [0.1, 0.15) is 61.8 Å². The van der Waals surface area contributed by atoms with Crippen LogP contribution in [-0.2, 0) is 23.2 Å². The van der Waals surface area contributed by atoms with Crippen molar-refractivity contribution in [3.8, 4) is 0 Å². The van der Waals surface area contributed by atoms with E-state index in [4.69, 9.17) is 9.05 Å². The number of phosphoric ester groups is 1. The van der Waals surface area contributed by atoms with Crippen LogP contribution < -0.4 is 10.6 Å². The molecule has 2 amide bonds. The molecule has 2 atom stereocenters. The van der Waals surface area contributed by atoms with E-state index >= 15 is 0 Å². The fourth-order valence-electron chi connectivity index (χ4n) is 2.03. The second-order valence-corrected chi connectivity index (χ2v) is 13.7. The van der Waals surface area contributed by atoms with E-state index in [1.165, 1.54) is 13.8 Å². The summed E-state index contributed by atoms with van der Waals surface area (Å²) in [6, 6.07) is 0. The van der Waals surface area contributed by atoms with Crippen molar-refractivity contribution in [1.29, 1.82) is 0 Å². The maximum absolute atomic E-state index is 12.2. The largest absolute Gasteiger partial charge is 0.472 e. The number of amides is 2. The monoisotopic (exact) mass is 484 g/mol. The van der Waals surface area contributed by atoms with Gasteiger partial charge in [-0.1, -0.05) is 55.4 Å². The first-order chi connectivity index (χ1) is 13.8. The highest BCUT2D eigenvalue weighted by atomic mass is 32.2. The molecule has 9 nitrogen and oxygen atoms in total. The quantitative estimate of drug-likeness (QED) is 0.232. The van der Waals surface area contributed by atoms with E-state index in [2.05, 4.69) is 31.4 Å². The van der Waals surface area contributed by atoms with Crippen LogP contribution in [0, 0.1) is 10.8 Å². The molecule has 0 radical (unpaired) electrons. The molecule has 4 N–H and O–H groups in total. The fraction of sp³-hybridized carbons (Fsp3) is 0.900. The zero-order valence-corrected chi connectivity index (χ0v) is 21.8. The second kappa shape index (κ2) is 12.6. The van der Waals surface area contributed by atoms with Crippen molar-refractivity contribution in [2.24, 2.45) is 10.8 Å². The van der Waals surface area contributed by atoms with Gasteiger partial charge in [0.05, 0.1) is 13.2 Å². The molecule has 0 bridgehead atoms. The van der Waals surface area contributed by atoms with Crippen LogP contribution >= 0.6 is 19.6 Å². The molecule has 0 heterocycles. The van der Waals surface area contributed by atoms with Gasteiger partial charge in [-0.2, -0.15) is 11.8 Å². The summed E-state index contributed by atoms with van der Waals surface area (Å²) >= 11 is 1.75. The molecule has 0 aliphatic carbocycles. The lowest BCUT2D eigenvalue weighted by molar-refractivity contribution is -0.137. The molecule has 31 heavy (non-hydrogen) atoms. The van der Waals surface area contributed by atoms with Crippen LogP contribution in [0.4, 0.5) is 0 Å². The van der Waals surface area contributed by atoms with Gasteiger partial charge in [-0.3, -0.25) is 18.6 Å². The third-order valence-corrected chi connectivity index (χ3v) is 6.04. The summed E-state index contributed by atoms with van der Waals surface area (Å²) in [6.45, 7) is 15.1. The average molecular weight is 485 g/mol. The Hall–Kier alpha value is -0.640. The first-order valence-corrected chi connectivity index (χ1v) is 12.8. The highest BCUT2D eigenvalue weighted by Gasteiger charge is 2.37. The van der Waals surface area contributed by atoms with Crippen molar-refractivity contribution in [2.75, 3.05) is 32.1 Å². The lowest BCUT2D eigenvalue weighted by atomic mass is 9.87. The number of aliphatic hydroxyl groups excluding tert-OH is 1. The number of carbonyl (C=O) groups is 2. The van der Waals surface area contributed by atoms with Gasteiger partial charge in [-0.25, -0.2) is 4.57 Å². The Kier molecular flexibility index (Phi) is 12.3. The van der Waals surface area contributed by atoms with Crippen LogP contribution in [0.3, 0.4) is 0 Å². The number of thioether (sulfide) groups is 1. The molecule has 0 aliphatic rings. The summed E-state index contributed by atoms with van der Waals surface area (Å²) in [5, 5.41) is 15.6. The number of carbonyl (C=O) groups excluding carboxylic acids is 2. The van der Waals surface area contributed by atoms with E-state index in [1.54, 1.807) is 11.8 Å². The van der Waals surface area contributed by atoms with Gasteiger partial charge in [0.2, 0.25) is 11.8 Å². The Balaban J connectivity index is 4.34. The summed E-state index contributed by atoms with van der Waals surface area (Å²) in [4.78, 5) is 33.8. The molecule has 184 valence electrons. The van der Waals surface area contributed by atoms with Crippen LogP contribution in [0.5, 0.6) is 0 Å². The summed E-state index contributed by atoms with van der Waals surface area (Å²) in [7, 11) is -4.31. The molecule has 0 aromatic heterocycles. The molecule has 0 saturated carbocycles. The van der Waals surface area contributed by atoms with Crippen molar-refractivity contribution in [2.45, 2.75) is 72.7 Å². The molecule has 0 spiro atoms. The maximum Gasteiger partial charge on any atom is 0.472 e. The topological polar surface area (TPSA) is 134 Å². The van der Waals surface area contributed by atoms with E-state index in [0.717, 1.165) is 5.75 Å². The minimum Gasteiger partial charge on any atom is -0.383 e. The molecule has 0 rings (SSSR count). The molecule has 0 saturated heterocycles. The predicted molar refractivity (Wildman–Crippen MR) is 124 cm³/mol. The van der Waals surface area contributed by atoms with E-state index in [9.17, 15) is 24.2 Å². The second-order valence-electron chi connectivity index (χ2n) is 10.3. The van der Waals surface area contributed by atoms with Gasteiger partial charge in [-0.15, -0.1) is 0 Å². The molecule has 0 fully saturated rings. The van der Waals surface area contributed by atoms with Crippen LogP contribution in [0.2, 0.25) is 0 Å². The van der Waals surface area contributed by atoms with Gasteiger partial charge >= 0.3 is 7.82 Å². The van der Waals surface area contributed by atoms with Gasteiger partial charge in [0, 0.05) is 35.4 Å². The van der Waals surface area contributed by atoms with Crippen molar-refractivity contribution < 1.29 is 33.2 Å². The highest BCUT2D eigenvalue weighted by Crippen LogP contribution is 2.46. The number of hydrogen-bond donors (Lipinski definition) is 4. The average Bonchev–Trinajstić information content (AvgIpc) is 2.60. The van der Waals surface area contributed by atoms with Crippen molar-refractivity contribution in [1.82, 2.24) is 10.6 Å². The Morgan fingerprint density at radius 3 is 2.03 bits per heavy atom. The third-order valence-electron chi connectivity index (χ3n) is 3.86. The SMILES string of the molecule is CC(C)(C)COP(=O)(O)OCC(C)(C)C(O)C(=O)NCCC(=O)NCCSC(C)(C)C. The molecular formula is C20H41N2O7PS. The van der Waals surface area contributed by atoms with E-state index in [1.807, 2.05) is 20.8 Å². The van der Waals surface area contributed by atoms with Crippen LogP contribution in [-0.4, -0.2) is 64.7 Å². The van der Waals surface area contributed by atoms with E-state index in [-0.39, 0.29) is 42.2 Å². The first kappa shape index (κ1) is 30.4. The zero-order valence-electron chi connectivity index (χ0n) is 20.1. The van der Waals surface area contributed by atoms with Gasteiger partial charge < -0.3 is 20.6 Å². The Labute approximate surface area is 191 Å². The molecular weight excluding hydrogens is 443 g/mol. The molecule has 2 unspecified atom stereocenters. The molecule has 0 aliphatic heterocycles. The number of rotatable bonds is 13. The standard InChI is InChI=1S/C20H41N2O7PS/c1-18(2,3)13-28-30(26,27)29-14-20(7,8)16(24)17(25)22-10-9-15(23)21-11-12-31-19(4,5)6/h16,24H,9-14H2,1-8H3,(H,21,23)(H,22,25)(H,26,27). The summed E-state index contributed by atoms with van der Waals surface area (Å²) in [6.07, 6.45) is -1.41. The predicted octanol–water partition coefficient (Wildman–Crippen LogP) is 2.71. The number of aliphatic hydroxyl groups is 1. The van der Waals surface area contributed by atoms with Gasteiger partial charge in [-0.05, 0) is 5.41 Å². The summed E-state index contributed by atoms with van der Waals surface area (Å²) in [5.74, 6) is -0.0833. The molecule has 11 heteroatoms. The smallest absolute Gasteiger partial charge is 0.383 e. The van der Waals surface area contributed by atoms with Gasteiger partial charge in [0.15, 0.2) is 0 Å². The number of hydrogen-bond acceptors (Lipinski definition) is 7. The molecule has 0 aromatic carbocycles. The summed E-state index contributed by atoms with van der Waals surface area (Å²) in [5.41, 5.74) is -1.48. The Morgan fingerprint density at radius 2 is 1.52 bits per heavy atom. The minimum atomic E-state index is -4.31. The number of nitrogens with one attached hydrogen (secondary N) is 2. The van der Waals surface area contributed by atoms with Crippen molar-refractivity contribution in [3.05, 3.63) is 0 Å². The van der Waals surface area contributed by atoms with Gasteiger partial charge in [0.25, 0.3) is 0 Å². The Bertz CT molecular complexity index is 630. The molecule has 0 aromatic rings. The van der Waals surface area contributed by atoms with Crippen LogP contribution in [0.15, 0.2) is 0 Å². The van der Waals surface area contributed by atoms with Crippen molar-refractivity contribution >= 4 is 31.4 Å². The lowest BCUT2D eigenvalue weighted by Crippen LogP contribution is -2.46. The number of phosphoric acid groups is 1. The summed E-state index contributed by atoms with van der Waals surface area (Å²) < 4.78 is 22.0. The first-order valence-electron chi connectivity index (χ1n) is 10.3. The van der Waals surface area contributed by atoms with E-state index < -0.39 is 25.2 Å².